The standard InChI is InChI=1S/C63H71N7O21S/c1-34(71)86-44-23-12-20-41(51(44)89-37(4)74)55(79)64-31-15-28-63(29-16-32-65-56(80)42-21-13-24-45(87-35(2)72)52(42)90-38(5)75,30-17-33-66-57(81)43-22-14-25-46(88-36(3)73)53(43)91-39(6)76)69-48(78)27-26-47(77)67-49(40-18-10-9-11-19-40)58(82)68-50-59(83)70-54(61(84)85)62(7,8)92-60(50)70/h9-14,18-25,49-50,54,60H,15-17,26-33H2,1-8H3,(H,64,79)(H,65,80)(H,66,81)(H,67,77)(H,68,82)(H,69,78)(H,84,85)/t49-,50-,54+,60-/m1/s1. The molecule has 7 amide bonds. The first-order chi connectivity index (χ1) is 43.5. The highest BCUT2D eigenvalue weighted by atomic mass is 32.2. The van der Waals surface area contributed by atoms with E-state index in [0.29, 0.717) is 5.56 Å². The number of aliphatic carboxylic acids is 1. The zero-order valence-electron chi connectivity index (χ0n) is 51.6. The first-order valence-corrected chi connectivity index (χ1v) is 29.9. The zero-order valence-corrected chi connectivity index (χ0v) is 52.5. The van der Waals surface area contributed by atoms with E-state index in [-0.39, 0.29) is 109 Å². The molecular weight excluding hydrogens is 1220 g/mol. The van der Waals surface area contributed by atoms with Crippen LogP contribution in [0.5, 0.6) is 34.5 Å². The summed E-state index contributed by atoms with van der Waals surface area (Å²) in [6.45, 7) is 9.63. The molecule has 0 aromatic heterocycles. The maximum atomic E-state index is 14.5. The summed E-state index contributed by atoms with van der Waals surface area (Å²) in [6, 6.07) is 16.6. The van der Waals surface area contributed by atoms with Crippen LogP contribution >= 0.6 is 11.8 Å². The Hall–Kier alpha value is -10.2. The maximum absolute atomic E-state index is 14.5. The number of thioether (sulfide) groups is 1. The van der Waals surface area contributed by atoms with E-state index in [2.05, 4.69) is 31.9 Å². The van der Waals surface area contributed by atoms with Gasteiger partial charge < -0.3 is 70.3 Å². The molecule has 6 rings (SSSR count). The fourth-order valence-corrected chi connectivity index (χ4v) is 12.0. The van der Waals surface area contributed by atoms with E-state index >= 15 is 0 Å². The molecule has 4 atom stereocenters. The van der Waals surface area contributed by atoms with Gasteiger partial charge >= 0.3 is 41.8 Å². The molecule has 0 saturated carbocycles. The van der Waals surface area contributed by atoms with Gasteiger partial charge in [-0.2, -0.15) is 0 Å². The second-order valence-corrected chi connectivity index (χ2v) is 23.6. The highest BCUT2D eigenvalue weighted by molar-refractivity contribution is 8.01. The van der Waals surface area contributed by atoms with E-state index in [0.717, 1.165) is 41.5 Å². The van der Waals surface area contributed by atoms with Gasteiger partial charge in [0.15, 0.2) is 34.5 Å². The molecule has 2 aliphatic rings. The van der Waals surface area contributed by atoms with E-state index in [1.165, 1.54) is 71.3 Å². The number of carbonyl (C=O) groups is 14. The summed E-state index contributed by atoms with van der Waals surface area (Å²) in [5, 5.41) is 25.9. The van der Waals surface area contributed by atoms with Crippen molar-refractivity contribution in [3.63, 3.8) is 0 Å². The summed E-state index contributed by atoms with van der Waals surface area (Å²) < 4.78 is 30.6. The van der Waals surface area contributed by atoms with E-state index in [4.69, 9.17) is 28.4 Å². The average molecular weight is 1290 g/mol. The molecule has 2 saturated heterocycles. The maximum Gasteiger partial charge on any atom is 0.327 e. The number of carbonyl (C=O) groups excluding carboxylic acids is 13. The molecule has 490 valence electrons. The SMILES string of the molecule is CC(=O)Oc1cccc(C(=O)NCCCC(CCCNC(=O)c2cccc(OC(C)=O)c2OC(C)=O)(CCCNC(=O)c2cccc(OC(C)=O)c2OC(C)=O)NC(=O)CCC(=O)N[C@@H](C(=O)N[C@@H]2C(=O)N3[C@@H]2SC(C)(C)[C@@H]3C(=O)O)c2ccccc2)c1OC(C)=O. The lowest BCUT2D eigenvalue weighted by Crippen LogP contribution is -2.71. The summed E-state index contributed by atoms with van der Waals surface area (Å²) in [6.07, 6.45) is -0.620. The van der Waals surface area contributed by atoms with Crippen LogP contribution in [0.25, 0.3) is 0 Å². The number of rotatable bonds is 30. The summed E-state index contributed by atoms with van der Waals surface area (Å²) in [5.74, 6) is -12.7. The van der Waals surface area contributed by atoms with Crippen molar-refractivity contribution in [3.05, 3.63) is 107 Å². The predicted octanol–water partition coefficient (Wildman–Crippen LogP) is 4.29. The molecular formula is C63H71N7O21S. The van der Waals surface area contributed by atoms with E-state index < -0.39 is 130 Å². The topological polar surface area (TPSA) is 390 Å². The molecule has 0 unspecified atom stereocenters. The first-order valence-electron chi connectivity index (χ1n) is 29.0. The quantitative estimate of drug-likeness (QED) is 0.0166. The molecule has 0 radical (unpaired) electrons. The minimum absolute atomic E-state index is 0.0384. The monoisotopic (exact) mass is 1290 g/mol. The Kier molecular flexibility index (Phi) is 24.7. The number of hydrogen-bond donors (Lipinski definition) is 7. The number of benzene rings is 4. The van der Waals surface area contributed by atoms with Crippen LogP contribution in [0.4, 0.5) is 0 Å². The minimum Gasteiger partial charge on any atom is -0.480 e. The number of nitrogens with zero attached hydrogens (tertiary/aromatic N) is 1. The normalized spacial score (nSPS) is 15.5. The van der Waals surface area contributed by atoms with Crippen LogP contribution in [-0.2, 0) is 52.7 Å². The van der Waals surface area contributed by atoms with Crippen LogP contribution in [0.1, 0.15) is 149 Å². The molecule has 4 aromatic carbocycles. The number of carboxylic acids is 1. The molecule has 0 aliphatic carbocycles. The molecule has 2 aliphatic heterocycles. The minimum atomic E-state index is -1.39. The zero-order chi connectivity index (χ0) is 67.6. The number of amides is 7. The highest BCUT2D eigenvalue weighted by Crippen LogP contribution is 2.51. The molecule has 2 heterocycles. The second kappa shape index (κ2) is 32.0. The number of para-hydroxylation sites is 3. The van der Waals surface area contributed by atoms with E-state index in [1.807, 2.05) is 0 Å². The summed E-state index contributed by atoms with van der Waals surface area (Å²) in [5.41, 5.74) is -1.53. The van der Waals surface area contributed by atoms with Crippen molar-refractivity contribution in [2.75, 3.05) is 19.6 Å². The Balaban J connectivity index is 1.27. The van der Waals surface area contributed by atoms with Crippen molar-refractivity contribution in [2.45, 2.75) is 141 Å². The molecule has 28 nitrogen and oxygen atoms in total. The summed E-state index contributed by atoms with van der Waals surface area (Å²) in [7, 11) is 0. The Morgan fingerprint density at radius 3 is 1.28 bits per heavy atom. The lowest BCUT2D eigenvalue weighted by atomic mass is 9.83. The lowest BCUT2D eigenvalue weighted by Gasteiger charge is -2.44. The van der Waals surface area contributed by atoms with E-state index in [9.17, 15) is 72.2 Å². The molecule has 2 fully saturated rings. The highest BCUT2D eigenvalue weighted by Gasteiger charge is 2.64. The molecule has 4 aromatic rings. The van der Waals surface area contributed by atoms with Crippen LogP contribution in [0.3, 0.4) is 0 Å². The number of hydrogen-bond acceptors (Lipinski definition) is 21. The fourth-order valence-electron chi connectivity index (χ4n) is 10.4. The van der Waals surface area contributed by atoms with Gasteiger partial charge in [-0.25, -0.2) is 4.79 Å². The smallest absolute Gasteiger partial charge is 0.327 e. The van der Waals surface area contributed by atoms with Gasteiger partial charge in [-0.15, -0.1) is 11.8 Å². The summed E-state index contributed by atoms with van der Waals surface area (Å²) in [4.78, 5) is 183. The number of ether oxygens (including phenoxy) is 6. The van der Waals surface area contributed by atoms with Crippen molar-refractivity contribution in [1.29, 1.82) is 0 Å². The van der Waals surface area contributed by atoms with Gasteiger partial charge in [-0.05, 0) is 94.3 Å². The Morgan fingerprint density at radius 2 is 0.913 bits per heavy atom. The molecule has 0 bridgehead atoms. The van der Waals surface area contributed by atoms with Crippen LogP contribution in [0.2, 0.25) is 0 Å². The Morgan fingerprint density at radius 1 is 0.533 bits per heavy atom. The van der Waals surface area contributed by atoms with Gasteiger partial charge in [0.1, 0.15) is 23.5 Å². The Bertz CT molecular complexity index is 3300. The number of carboxylic acid groups (broad SMARTS) is 1. The summed E-state index contributed by atoms with van der Waals surface area (Å²) >= 11 is 1.21. The molecule has 7 N–H and O–H groups in total. The third kappa shape index (κ3) is 19.2. The lowest BCUT2D eigenvalue weighted by molar-refractivity contribution is -0.161. The van der Waals surface area contributed by atoms with Crippen LogP contribution < -0.4 is 60.3 Å². The van der Waals surface area contributed by atoms with Gasteiger partial charge in [-0.3, -0.25) is 62.3 Å². The van der Waals surface area contributed by atoms with Crippen molar-refractivity contribution in [3.8, 4) is 34.5 Å². The molecule has 0 spiro atoms. The van der Waals surface area contributed by atoms with Gasteiger partial charge in [0, 0.05) is 84.3 Å². The first kappa shape index (κ1) is 70.9. The van der Waals surface area contributed by atoms with Crippen molar-refractivity contribution < 1.29 is 101 Å². The Labute approximate surface area is 532 Å². The molecule has 29 heteroatoms. The van der Waals surface area contributed by atoms with Crippen LogP contribution in [-0.4, -0.2) is 141 Å². The second-order valence-electron chi connectivity index (χ2n) is 21.9. The van der Waals surface area contributed by atoms with Crippen molar-refractivity contribution in [2.24, 2.45) is 0 Å². The van der Waals surface area contributed by atoms with Crippen LogP contribution in [0.15, 0.2) is 84.9 Å². The number of esters is 6. The van der Waals surface area contributed by atoms with Gasteiger partial charge in [0.2, 0.25) is 23.6 Å². The number of nitrogens with one attached hydrogen (secondary N) is 6. The fraction of sp³-hybridized carbons (Fsp3) is 0.397. The average Bonchev–Trinajstić information content (AvgIpc) is 1.55. The predicted molar refractivity (Wildman–Crippen MR) is 325 cm³/mol. The van der Waals surface area contributed by atoms with Crippen molar-refractivity contribution >= 4 is 94.9 Å². The van der Waals surface area contributed by atoms with E-state index in [1.54, 1.807) is 44.2 Å². The van der Waals surface area contributed by atoms with Gasteiger partial charge in [0.05, 0.1) is 16.7 Å². The van der Waals surface area contributed by atoms with Gasteiger partial charge in [-0.1, -0.05) is 48.5 Å². The molecule has 92 heavy (non-hydrogen) atoms. The van der Waals surface area contributed by atoms with Crippen molar-refractivity contribution in [1.82, 2.24) is 36.8 Å². The number of fused-ring (bicyclic) bond motifs is 1. The van der Waals surface area contributed by atoms with Crippen LogP contribution in [0, 0.1) is 0 Å². The third-order valence-electron chi connectivity index (χ3n) is 14.2. The third-order valence-corrected chi connectivity index (χ3v) is 15.8. The largest absolute Gasteiger partial charge is 0.480 e. The van der Waals surface area contributed by atoms with Gasteiger partial charge in [0.25, 0.3) is 17.7 Å². The number of β-lactam (4-membered cyclic amide) rings is 1.